The zero-order valence-electron chi connectivity index (χ0n) is 18.4. The standard InChI is InChI=1S/C23H28O7/c1-8-9-15-10-17(25-3)23(18(11-15)26-4)30-14(2)21(24)16-12-19(27-5)22(29-7)20(13-16)28-6/h8-14H,1-7H3/b9-8+. The van der Waals surface area contributed by atoms with Gasteiger partial charge >= 0.3 is 0 Å². The summed E-state index contributed by atoms with van der Waals surface area (Å²) in [6.07, 6.45) is 2.99. The predicted octanol–water partition coefficient (Wildman–Crippen LogP) is 4.41. The molecule has 0 saturated heterocycles. The van der Waals surface area contributed by atoms with Crippen LogP contribution in [0.1, 0.15) is 29.8 Å². The fourth-order valence-corrected chi connectivity index (χ4v) is 2.99. The largest absolute Gasteiger partial charge is 0.493 e. The van der Waals surface area contributed by atoms with E-state index >= 15 is 0 Å². The average molecular weight is 416 g/mol. The van der Waals surface area contributed by atoms with Crippen LogP contribution >= 0.6 is 0 Å². The average Bonchev–Trinajstić information content (AvgIpc) is 2.77. The van der Waals surface area contributed by atoms with Gasteiger partial charge < -0.3 is 28.4 Å². The van der Waals surface area contributed by atoms with E-state index in [1.54, 1.807) is 19.1 Å². The molecule has 0 aliphatic rings. The van der Waals surface area contributed by atoms with Crippen molar-refractivity contribution in [3.8, 4) is 34.5 Å². The summed E-state index contributed by atoms with van der Waals surface area (Å²) in [4.78, 5) is 13.1. The van der Waals surface area contributed by atoms with Gasteiger partial charge in [0, 0.05) is 5.56 Å². The number of rotatable bonds is 10. The zero-order chi connectivity index (χ0) is 22.3. The molecule has 162 valence electrons. The van der Waals surface area contributed by atoms with E-state index in [0.29, 0.717) is 40.1 Å². The molecule has 0 amide bonds. The summed E-state index contributed by atoms with van der Waals surface area (Å²) in [5.74, 6) is 2.20. The minimum atomic E-state index is -0.830. The number of carbonyl (C=O) groups excluding carboxylic acids is 1. The first-order valence-corrected chi connectivity index (χ1v) is 9.33. The molecule has 1 atom stereocenters. The van der Waals surface area contributed by atoms with Crippen LogP contribution in [-0.2, 0) is 0 Å². The fourth-order valence-electron chi connectivity index (χ4n) is 2.99. The summed E-state index contributed by atoms with van der Waals surface area (Å²) >= 11 is 0. The molecule has 0 heterocycles. The lowest BCUT2D eigenvalue weighted by Gasteiger charge is -2.20. The van der Waals surface area contributed by atoms with Crippen LogP contribution in [0.3, 0.4) is 0 Å². The smallest absolute Gasteiger partial charge is 0.204 e. The second-order valence-corrected chi connectivity index (χ2v) is 6.29. The van der Waals surface area contributed by atoms with Crippen molar-refractivity contribution in [2.45, 2.75) is 20.0 Å². The van der Waals surface area contributed by atoms with Crippen molar-refractivity contribution in [1.82, 2.24) is 0 Å². The third kappa shape index (κ3) is 4.79. The van der Waals surface area contributed by atoms with E-state index in [2.05, 4.69) is 0 Å². The van der Waals surface area contributed by atoms with Gasteiger partial charge in [-0.05, 0) is 43.7 Å². The molecule has 1 unspecified atom stereocenters. The summed E-state index contributed by atoms with van der Waals surface area (Å²) in [7, 11) is 7.56. The highest BCUT2D eigenvalue weighted by Crippen LogP contribution is 2.41. The van der Waals surface area contributed by atoms with E-state index in [9.17, 15) is 4.79 Å². The topological polar surface area (TPSA) is 72.5 Å². The molecule has 0 aromatic heterocycles. The maximum atomic E-state index is 13.1. The molecule has 0 bridgehead atoms. The van der Waals surface area contributed by atoms with Gasteiger partial charge in [-0.15, -0.1) is 0 Å². The lowest BCUT2D eigenvalue weighted by Crippen LogP contribution is -2.24. The van der Waals surface area contributed by atoms with Crippen LogP contribution in [0.5, 0.6) is 34.5 Å². The summed E-state index contributed by atoms with van der Waals surface area (Å²) in [5.41, 5.74) is 1.25. The Bertz CT molecular complexity index is 868. The van der Waals surface area contributed by atoms with E-state index in [0.717, 1.165) is 5.56 Å². The monoisotopic (exact) mass is 416 g/mol. The van der Waals surface area contributed by atoms with Crippen LogP contribution in [0.25, 0.3) is 6.08 Å². The first-order chi connectivity index (χ1) is 14.4. The Kier molecular flexibility index (Phi) is 7.98. The number of hydrogen-bond donors (Lipinski definition) is 0. The Labute approximate surface area is 177 Å². The summed E-state index contributed by atoms with van der Waals surface area (Å²) in [6, 6.07) is 6.81. The molecule has 0 fully saturated rings. The second-order valence-electron chi connectivity index (χ2n) is 6.29. The Morgan fingerprint density at radius 2 is 1.23 bits per heavy atom. The van der Waals surface area contributed by atoms with Gasteiger partial charge in [-0.3, -0.25) is 4.79 Å². The van der Waals surface area contributed by atoms with E-state index in [1.165, 1.54) is 35.5 Å². The number of allylic oxidation sites excluding steroid dienone is 1. The van der Waals surface area contributed by atoms with Crippen LogP contribution in [-0.4, -0.2) is 47.4 Å². The summed E-state index contributed by atoms with van der Waals surface area (Å²) in [5, 5.41) is 0. The molecule has 0 aliphatic heterocycles. The number of methoxy groups -OCH3 is 5. The van der Waals surface area contributed by atoms with Crippen molar-refractivity contribution in [3.63, 3.8) is 0 Å². The molecular weight excluding hydrogens is 388 g/mol. The molecule has 7 heteroatoms. The molecule has 0 aliphatic carbocycles. The van der Waals surface area contributed by atoms with Crippen molar-refractivity contribution in [2.75, 3.05) is 35.5 Å². The first kappa shape index (κ1) is 22.9. The highest BCUT2D eigenvalue weighted by molar-refractivity contribution is 6.00. The van der Waals surface area contributed by atoms with E-state index in [-0.39, 0.29) is 5.78 Å². The normalized spacial score (nSPS) is 11.7. The molecule has 2 aromatic carbocycles. The molecular formula is C23H28O7. The molecule has 0 N–H and O–H groups in total. The Balaban J connectivity index is 2.41. The third-order valence-electron chi connectivity index (χ3n) is 4.46. The third-order valence-corrected chi connectivity index (χ3v) is 4.46. The number of ether oxygens (including phenoxy) is 6. The van der Waals surface area contributed by atoms with Crippen molar-refractivity contribution in [2.24, 2.45) is 0 Å². The van der Waals surface area contributed by atoms with Gasteiger partial charge in [0.05, 0.1) is 35.5 Å². The molecule has 0 saturated carbocycles. The maximum Gasteiger partial charge on any atom is 0.204 e. The number of carbonyl (C=O) groups is 1. The zero-order valence-corrected chi connectivity index (χ0v) is 18.4. The minimum Gasteiger partial charge on any atom is -0.493 e. The lowest BCUT2D eigenvalue weighted by molar-refractivity contribution is 0.0808. The fraction of sp³-hybridized carbons (Fsp3) is 0.348. The van der Waals surface area contributed by atoms with Crippen molar-refractivity contribution < 1.29 is 33.2 Å². The molecule has 2 rings (SSSR count). The van der Waals surface area contributed by atoms with Gasteiger partial charge in [0.1, 0.15) is 0 Å². The first-order valence-electron chi connectivity index (χ1n) is 9.33. The quantitative estimate of drug-likeness (QED) is 0.531. The second kappa shape index (κ2) is 10.4. The molecule has 0 spiro atoms. The lowest BCUT2D eigenvalue weighted by atomic mass is 10.1. The number of ketones is 1. The van der Waals surface area contributed by atoms with Crippen LogP contribution in [0, 0.1) is 0 Å². The molecule has 30 heavy (non-hydrogen) atoms. The maximum absolute atomic E-state index is 13.1. The Hall–Kier alpha value is -3.35. The SMILES string of the molecule is C/C=C/c1cc(OC)c(OC(C)C(=O)c2cc(OC)c(OC)c(OC)c2)c(OC)c1. The highest BCUT2D eigenvalue weighted by atomic mass is 16.5. The van der Waals surface area contributed by atoms with Gasteiger partial charge in [0.2, 0.25) is 17.3 Å². The van der Waals surface area contributed by atoms with Crippen molar-refractivity contribution in [3.05, 3.63) is 41.5 Å². The summed E-state index contributed by atoms with van der Waals surface area (Å²) in [6.45, 7) is 3.58. The highest BCUT2D eigenvalue weighted by Gasteiger charge is 2.24. The van der Waals surface area contributed by atoms with Crippen molar-refractivity contribution >= 4 is 11.9 Å². The van der Waals surface area contributed by atoms with E-state index in [1.807, 2.05) is 31.2 Å². The van der Waals surface area contributed by atoms with Crippen LogP contribution in [0.4, 0.5) is 0 Å². The van der Waals surface area contributed by atoms with Crippen LogP contribution in [0.15, 0.2) is 30.3 Å². The van der Waals surface area contributed by atoms with Gasteiger partial charge in [-0.25, -0.2) is 0 Å². The van der Waals surface area contributed by atoms with E-state index in [4.69, 9.17) is 28.4 Å². The Morgan fingerprint density at radius 1 is 0.767 bits per heavy atom. The Morgan fingerprint density at radius 3 is 1.63 bits per heavy atom. The van der Waals surface area contributed by atoms with Gasteiger partial charge in [0.15, 0.2) is 29.1 Å². The van der Waals surface area contributed by atoms with E-state index < -0.39 is 6.10 Å². The van der Waals surface area contributed by atoms with Gasteiger partial charge in [0.25, 0.3) is 0 Å². The van der Waals surface area contributed by atoms with Gasteiger partial charge in [-0.1, -0.05) is 12.2 Å². The number of hydrogen-bond acceptors (Lipinski definition) is 7. The summed E-state index contributed by atoms with van der Waals surface area (Å²) < 4.78 is 32.9. The number of Topliss-reactive ketones (excluding diaryl/α,β-unsaturated/α-hetero) is 1. The predicted molar refractivity (Wildman–Crippen MR) is 115 cm³/mol. The van der Waals surface area contributed by atoms with Crippen LogP contribution in [0.2, 0.25) is 0 Å². The number of benzene rings is 2. The van der Waals surface area contributed by atoms with Crippen molar-refractivity contribution in [1.29, 1.82) is 0 Å². The molecule has 0 radical (unpaired) electrons. The van der Waals surface area contributed by atoms with Gasteiger partial charge in [-0.2, -0.15) is 0 Å². The molecule has 7 nitrogen and oxygen atoms in total. The minimum absolute atomic E-state index is 0.268. The molecule has 2 aromatic rings. The van der Waals surface area contributed by atoms with Crippen LogP contribution < -0.4 is 28.4 Å².